The van der Waals surface area contributed by atoms with Crippen LogP contribution < -0.4 is 4.74 Å². The molecule has 1 aromatic carbocycles. The Balaban J connectivity index is 2.34. The minimum absolute atomic E-state index is 0.0919. The Morgan fingerprint density at radius 1 is 1.44 bits per heavy atom. The normalized spacial score (nSPS) is 19.6. The van der Waals surface area contributed by atoms with Gasteiger partial charge in [0.15, 0.2) is 0 Å². The number of β-lactam (4-membered cyclic amide) rings is 1. The van der Waals surface area contributed by atoms with Crippen molar-refractivity contribution >= 4 is 37.4 Å². The Morgan fingerprint density at radius 2 is 2.11 bits per heavy atom. The molecule has 18 heavy (non-hydrogen) atoms. The molecular weight excluding hydrogens is 301 g/mol. The zero-order valence-electron chi connectivity index (χ0n) is 9.26. The van der Waals surface area contributed by atoms with E-state index >= 15 is 0 Å². The fraction of sp³-hybridized carbons (Fsp3) is 0.300. The lowest BCUT2D eigenvalue weighted by molar-refractivity contribution is -0.137. The molecule has 98 valence electrons. The number of carbonyl (C=O) groups is 1. The van der Waals surface area contributed by atoms with Gasteiger partial charge in [-0.3, -0.25) is 4.79 Å². The van der Waals surface area contributed by atoms with Gasteiger partial charge in [0.25, 0.3) is 0 Å². The zero-order chi connectivity index (χ0) is 13.5. The van der Waals surface area contributed by atoms with Gasteiger partial charge in [-0.15, -0.1) is 0 Å². The molecule has 1 saturated heterocycles. The number of rotatable bonds is 3. The quantitative estimate of drug-likeness (QED) is 0.633. The monoisotopic (exact) mass is 309 g/mol. The number of hydrogen-bond donors (Lipinski definition) is 0. The lowest BCUT2D eigenvalue weighted by atomic mass is 9.97. The van der Waals surface area contributed by atoms with E-state index in [0.717, 1.165) is 0 Å². The molecule has 8 heteroatoms. The van der Waals surface area contributed by atoms with Crippen LogP contribution in [0.2, 0.25) is 5.02 Å². The highest BCUT2D eigenvalue weighted by Gasteiger charge is 2.44. The van der Waals surface area contributed by atoms with Crippen molar-refractivity contribution < 1.29 is 17.9 Å². The van der Waals surface area contributed by atoms with E-state index in [0.29, 0.717) is 20.6 Å². The summed E-state index contributed by atoms with van der Waals surface area (Å²) in [6, 6.07) is 4.23. The lowest BCUT2D eigenvalue weighted by Gasteiger charge is -2.37. The molecular formula is C10H9Cl2NO4S. The smallest absolute Gasteiger partial charge is 0.324 e. The van der Waals surface area contributed by atoms with Gasteiger partial charge >= 0.3 is 9.24 Å². The molecule has 0 radical (unpaired) electrons. The molecule has 1 aliphatic heterocycles. The Morgan fingerprint density at radius 3 is 2.56 bits per heavy atom. The largest absolute Gasteiger partial charge is 0.495 e. The highest BCUT2D eigenvalue weighted by Crippen LogP contribution is 2.40. The van der Waals surface area contributed by atoms with E-state index in [9.17, 15) is 13.2 Å². The Kier molecular flexibility index (Phi) is 3.44. The third-order valence-electron chi connectivity index (χ3n) is 2.69. The Bertz CT molecular complexity index is 602. The van der Waals surface area contributed by atoms with E-state index in [1.54, 1.807) is 18.2 Å². The highest BCUT2D eigenvalue weighted by atomic mass is 35.7. The molecule has 1 amide bonds. The Labute approximate surface area is 114 Å². The summed E-state index contributed by atoms with van der Waals surface area (Å²) in [4.78, 5) is 11.3. The second-order valence-corrected chi connectivity index (χ2v) is 6.54. The van der Waals surface area contributed by atoms with Gasteiger partial charge in [-0.1, -0.05) is 17.7 Å². The third kappa shape index (κ3) is 2.28. The minimum Gasteiger partial charge on any atom is -0.495 e. The summed E-state index contributed by atoms with van der Waals surface area (Å²) in [6.45, 7) is 0. The summed E-state index contributed by atoms with van der Waals surface area (Å²) < 4.78 is 28.1. The van der Waals surface area contributed by atoms with Crippen molar-refractivity contribution in [1.29, 1.82) is 0 Å². The van der Waals surface area contributed by atoms with Crippen molar-refractivity contribution in [2.45, 2.75) is 12.5 Å². The summed E-state index contributed by atoms with van der Waals surface area (Å²) in [5.74, 6) is -0.0479. The second-order valence-electron chi connectivity index (χ2n) is 3.75. The van der Waals surface area contributed by atoms with E-state index in [-0.39, 0.29) is 6.42 Å². The van der Waals surface area contributed by atoms with Crippen LogP contribution in [0, 0.1) is 0 Å². The molecule has 0 saturated carbocycles. The van der Waals surface area contributed by atoms with Crippen LogP contribution in [0.1, 0.15) is 18.0 Å². The summed E-state index contributed by atoms with van der Waals surface area (Å²) in [6.07, 6.45) is 0.0919. The number of nitrogens with zero attached hydrogens (tertiary/aromatic N) is 1. The number of carbonyl (C=O) groups excluding carboxylic acids is 1. The van der Waals surface area contributed by atoms with Gasteiger partial charge in [0, 0.05) is 10.7 Å². The van der Waals surface area contributed by atoms with Crippen molar-refractivity contribution in [3.63, 3.8) is 0 Å². The highest BCUT2D eigenvalue weighted by molar-refractivity contribution is 8.12. The van der Waals surface area contributed by atoms with Crippen LogP contribution in [0.15, 0.2) is 18.2 Å². The molecule has 0 spiro atoms. The van der Waals surface area contributed by atoms with Gasteiger partial charge < -0.3 is 4.74 Å². The molecule has 5 nitrogen and oxygen atoms in total. The number of amides is 1. The number of hydrogen-bond acceptors (Lipinski definition) is 4. The molecule has 1 heterocycles. The number of halogens is 2. The standard InChI is InChI=1S/C10H9Cl2NO4S/c1-17-9-3-2-6(4-7(9)11)8-5-10(14)13(8)18(12,15)16/h2-4,8H,5H2,1H3. The average molecular weight is 310 g/mol. The van der Waals surface area contributed by atoms with Gasteiger partial charge in [0.1, 0.15) is 5.75 Å². The van der Waals surface area contributed by atoms with Gasteiger partial charge in [0.05, 0.1) is 24.6 Å². The van der Waals surface area contributed by atoms with E-state index in [1.807, 2.05) is 0 Å². The second kappa shape index (κ2) is 4.60. The van der Waals surface area contributed by atoms with Gasteiger partial charge in [-0.05, 0) is 17.7 Å². The molecule has 0 aromatic heterocycles. The first kappa shape index (κ1) is 13.5. The minimum atomic E-state index is -4.06. The summed E-state index contributed by atoms with van der Waals surface area (Å²) >= 11 is 5.94. The van der Waals surface area contributed by atoms with E-state index < -0.39 is 21.2 Å². The number of ether oxygens (including phenoxy) is 1. The van der Waals surface area contributed by atoms with Gasteiger partial charge in [-0.2, -0.15) is 8.42 Å². The first-order chi connectivity index (χ1) is 8.34. The fourth-order valence-corrected chi connectivity index (χ4v) is 3.42. The van der Waals surface area contributed by atoms with Crippen LogP contribution in [0.5, 0.6) is 5.75 Å². The SMILES string of the molecule is COc1ccc(C2CC(=O)N2S(=O)(=O)Cl)cc1Cl. The van der Waals surface area contributed by atoms with Crippen molar-refractivity contribution in [1.82, 2.24) is 4.31 Å². The molecule has 0 bridgehead atoms. The summed E-state index contributed by atoms with van der Waals surface area (Å²) in [5.41, 5.74) is 0.602. The van der Waals surface area contributed by atoms with Crippen molar-refractivity contribution in [3.05, 3.63) is 28.8 Å². The van der Waals surface area contributed by atoms with Crippen LogP contribution in [0.25, 0.3) is 0 Å². The molecule has 2 rings (SSSR count). The van der Waals surface area contributed by atoms with Crippen molar-refractivity contribution in [2.24, 2.45) is 0 Å². The van der Waals surface area contributed by atoms with E-state index in [1.165, 1.54) is 7.11 Å². The maximum Gasteiger partial charge on any atom is 0.324 e. The van der Waals surface area contributed by atoms with Crippen molar-refractivity contribution in [3.8, 4) is 5.75 Å². The third-order valence-corrected chi connectivity index (χ3v) is 4.36. The maximum atomic E-state index is 11.3. The van der Waals surface area contributed by atoms with Crippen LogP contribution >= 0.6 is 22.3 Å². The fourth-order valence-electron chi connectivity index (χ4n) is 1.82. The Hall–Kier alpha value is -0.980. The van der Waals surface area contributed by atoms with Gasteiger partial charge in [-0.25, -0.2) is 4.31 Å². The molecule has 1 unspecified atom stereocenters. The molecule has 0 N–H and O–H groups in total. The molecule has 1 aliphatic rings. The number of methoxy groups -OCH3 is 1. The maximum absolute atomic E-state index is 11.3. The average Bonchev–Trinajstić information content (AvgIpc) is 2.23. The predicted octanol–water partition coefficient (Wildman–Crippen LogP) is 2.11. The van der Waals surface area contributed by atoms with Crippen LogP contribution in [0.4, 0.5) is 0 Å². The molecule has 0 aliphatic carbocycles. The summed E-state index contributed by atoms with van der Waals surface area (Å²) in [7, 11) is 2.61. The molecule has 1 fully saturated rings. The van der Waals surface area contributed by atoms with Crippen LogP contribution in [0.3, 0.4) is 0 Å². The van der Waals surface area contributed by atoms with Gasteiger partial charge in [0.2, 0.25) is 5.91 Å². The lowest BCUT2D eigenvalue weighted by Crippen LogP contribution is -2.47. The van der Waals surface area contributed by atoms with Crippen LogP contribution in [-0.4, -0.2) is 25.7 Å². The molecule has 1 aromatic rings. The topological polar surface area (TPSA) is 63.7 Å². The summed E-state index contributed by atoms with van der Waals surface area (Å²) in [5, 5.41) is 0.348. The van der Waals surface area contributed by atoms with Crippen LogP contribution in [-0.2, 0) is 14.0 Å². The zero-order valence-corrected chi connectivity index (χ0v) is 11.6. The first-order valence-corrected chi connectivity index (χ1v) is 7.59. The predicted molar refractivity (Wildman–Crippen MR) is 67.0 cm³/mol. The van der Waals surface area contributed by atoms with E-state index in [2.05, 4.69) is 0 Å². The first-order valence-electron chi connectivity index (χ1n) is 4.95. The van der Waals surface area contributed by atoms with Crippen molar-refractivity contribution in [2.75, 3.05) is 7.11 Å². The molecule has 1 atom stereocenters. The van der Waals surface area contributed by atoms with E-state index in [4.69, 9.17) is 27.0 Å². The number of benzene rings is 1.